The molecule has 2 heterocycles. The average molecular weight is 369 g/mol. The van der Waals surface area contributed by atoms with Gasteiger partial charge in [-0.3, -0.25) is 9.36 Å². The molecular formula is C15H13ClN2O3S2. The maximum atomic E-state index is 12.7. The number of fused-ring (bicyclic) bond motifs is 1. The predicted octanol–water partition coefficient (Wildman–Crippen LogP) is 2.82. The Balaban J connectivity index is 2.11. The molecule has 0 radical (unpaired) electrons. The molecule has 0 saturated carbocycles. The highest BCUT2D eigenvalue weighted by atomic mass is 35.5. The molecule has 0 N–H and O–H groups in total. The molecule has 1 aromatic carbocycles. The van der Waals surface area contributed by atoms with E-state index < -0.39 is 9.84 Å². The monoisotopic (exact) mass is 368 g/mol. The fraction of sp³-hybridized carbons (Fsp3) is 0.200. The van der Waals surface area contributed by atoms with Crippen molar-refractivity contribution in [1.29, 1.82) is 0 Å². The van der Waals surface area contributed by atoms with Gasteiger partial charge in [0.1, 0.15) is 14.7 Å². The number of aromatic nitrogens is 2. The zero-order valence-corrected chi connectivity index (χ0v) is 14.6. The van der Waals surface area contributed by atoms with Crippen LogP contribution in [0.5, 0.6) is 0 Å². The maximum absolute atomic E-state index is 12.7. The third kappa shape index (κ3) is 3.46. The van der Waals surface area contributed by atoms with Crippen LogP contribution in [0, 0.1) is 0 Å². The highest BCUT2D eigenvalue weighted by molar-refractivity contribution is 7.90. The second-order valence-corrected chi connectivity index (χ2v) is 8.76. The van der Waals surface area contributed by atoms with E-state index >= 15 is 0 Å². The largest absolute Gasteiger partial charge is 0.298 e. The minimum absolute atomic E-state index is 0.0938. The van der Waals surface area contributed by atoms with E-state index in [-0.39, 0.29) is 17.9 Å². The zero-order chi connectivity index (χ0) is 16.6. The number of hydrogen-bond acceptors (Lipinski definition) is 5. The van der Waals surface area contributed by atoms with Crippen molar-refractivity contribution >= 4 is 43.0 Å². The molecule has 8 heteroatoms. The molecule has 0 bridgehead atoms. The Labute approximate surface area is 142 Å². The van der Waals surface area contributed by atoms with Gasteiger partial charge in [-0.25, -0.2) is 13.4 Å². The first-order chi connectivity index (χ1) is 10.8. The molecular weight excluding hydrogens is 356 g/mol. The van der Waals surface area contributed by atoms with Crippen LogP contribution < -0.4 is 5.56 Å². The number of halogens is 1. The van der Waals surface area contributed by atoms with E-state index in [1.165, 1.54) is 22.2 Å². The van der Waals surface area contributed by atoms with E-state index in [0.717, 1.165) is 17.4 Å². The number of aryl methyl sites for hydroxylation is 1. The van der Waals surface area contributed by atoms with Gasteiger partial charge in [0.05, 0.1) is 17.5 Å². The predicted molar refractivity (Wildman–Crippen MR) is 94.0 cm³/mol. The molecule has 0 aliphatic heterocycles. The van der Waals surface area contributed by atoms with Crippen LogP contribution >= 0.6 is 22.9 Å². The summed E-state index contributed by atoms with van der Waals surface area (Å²) >= 11 is 7.28. The third-order valence-corrected chi connectivity index (χ3v) is 5.48. The Morgan fingerprint density at radius 2 is 1.96 bits per heavy atom. The lowest BCUT2D eigenvalue weighted by molar-refractivity contribution is 0.592. The van der Waals surface area contributed by atoms with E-state index in [1.807, 2.05) is 17.5 Å². The van der Waals surface area contributed by atoms with Crippen molar-refractivity contribution in [2.75, 3.05) is 12.0 Å². The lowest BCUT2D eigenvalue weighted by atomic mass is 10.1. The lowest BCUT2D eigenvalue weighted by Gasteiger charge is -2.05. The first-order valence-corrected chi connectivity index (χ1v) is 10.1. The van der Waals surface area contributed by atoms with Crippen molar-refractivity contribution in [3.63, 3.8) is 0 Å². The van der Waals surface area contributed by atoms with Crippen LogP contribution in [0.3, 0.4) is 0 Å². The zero-order valence-electron chi connectivity index (χ0n) is 12.2. The quantitative estimate of drug-likeness (QED) is 0.710. The van der Waals surface area contributed by atoms with Crippen LogP contribution in [0.2, 0.25) is 5.02 Å². The first-order valence-electron chi connectivity index (χ1n) is 6.75. The Morgan fingerprint density at radius 3 is 2.61 bits per heavy atom. The van der Waals surface area contributed by atoms with Crippen molar-refractivity contribution in [1.82, 2.24) is 9.55 Å². The third-order valence-electron chi connectivity index (χ3n) is 3.42. The fourth-order valence-corrected chi connectivity index (χ4v) is 3.79. The number of hydrogen-bond donors (Lipinski definition) is 0. The second-order valence-electron chi connectivity index (χ2n) is 5.21. The van der Waals surface area contributed by atoms with Crippen LogP contribution in [-0.2, 0) is 16.4 Å². The summed E-state index contributed by atoms with van der Waals surface area (Å²) in [5.41, 5.74) is 1.43. The van der Waals surface area contributed by atoms with Gasteiger partial charge in [0.25, 0.3) is 5.56 Å². The molecule has 0 fully saturated rings. The second kappa shape index (κ2) is 6.07. The summed E-state index contributed by atoms with van der Waals surface area (Å²) in [6.07, 6.45) is 2.55. The van der Waals surface area contributed by atoms with Gasteiger partial charge in [0.2, 0.25) is 0 Å². The number of sulfone groups is 1. The van der Waals surface area contributed by atoms with Gasteiger partial charge in [-0.05, 0) is 17.7 Å². The molecule has 2 aromatic heterocycles. The molecule has 0 amide bonds. The molecule has 3 aromatic rings. The van der Waals surface area contributed by atoms with Gasteiger partial charge in [-0.2, -0.15) is 0 Å². The fourth-order valence-electron chi connectivity index (χ4n) is 2.23. The van der Waals surface area contributed by atoms with Crippen molar-refractivity contribution in [2.24, 2.45) is 0 Å². The topological polar surface area (TPSA) is 69.0 Å². The van der Waals surface area contributed by atoms with E-state index in [9.17, 15) is 13.2 Å². The number of thiophene rings is 1. The van der Waals surface area contributed by atoms with Crippen molar-refractivity contribution in [2.45, 2.75) is 6.54 Å². The van der Waals surface area contributed by atoms with Crippen LogP contribution in [0.4, 0.5) is 0 Å². The lowest BCUT2D eigenvalue weighted by Crippen LogP contribution is -2.24. The molecule has 0 saturated heterocycles. The summed E-state index contributed by atoms with van der Waals surface area (Å²) in [6, 6.07) is 7.21. The highest BCUT2D eigenvalue weighted by Gasteiger charge is 2.14. The summed E-state index contributed by atoms with van der Waals surface area (Å²) in [5, 5.41) is 3.01. The Morgan fingerprint density at radius 1 is 1.26 bits per heavy atom. The van der Waals surface area contributed by atoms with Crippen molar-refractivity contribution in [3.05, 3.63) is 51.3 Å². The molecule has 0 atom stereocenters. The van der Waals surface area contributed by atoms with E-state index in [4.69, 9.17) is 11.6 Å². The van der Waals surface area contributed by atoms with Gasteiger partial charge in [0, 0.05) is 28.8 Å². The Kier molecular flexibility index (Phi) is 4.27. The average Bonchev–Trinajstić information content (AvgIpc) is 2.91. The molecule has 0 aliphatic rings. The minimum Gasteiger partial charge on any atom is -0.298 e. The van der Waals surface area contributed by atoms with Crippen LogP contribution in [-0.4, -0.2) is 30.0 Å². The van der Waals surface area contributed by atoms with Crippen LogP contribution in [0.1, 0.15) is 0 Å². The summed E-state index contributed by atoms with van der Waals surface area (Å²) in [4.78, 5) is 17.6. The smallest absolute Gasteiger partial charge is 0.262 e. The molecule has 120 valence electrons. The molecule has 3 rings (SSSR count). The summed E-state index contributed by atoms with van der Waals surface area (Å²) in [5.74, 6) is -0.0967. The van der Waals surface area contributed by atoms with Crippen molar-refractivity contribution in [3.8, 4) is 11.1 Å². The van der Waals surface area contributed by atoms with E-state index in [0.29, 0.717) is 15.2 Å². The van der Waals surface area contributed by atoms with E-state index in [1.54, 1.807) is 12.1 Å². The molecule has 0 aliphatic carbocycles. The van der Waals surface area contributed by atoms with Crippen LogP contribution in [0.15, 0.2) is 40.8 Å². The van der Waals surface area contributed by atoms with Gasteiger partial charge in [-0.1, -0.05) is 23.7 Å². The van der Waals surface area contributed by atoms with Gasteiger partial charge in [0.15, 0.2) is 0 Å². The molecule has 5 nitrogen and oxygen atoms in total. The maximum Gasteiger partial charge on any atom is 0.262 e. The molecule has 23 heavy (non-hydrogen) atoms. The normalized spacial score (nSPS) is 11.9. The first kappa shape index (κ1) is 16.2. The minimum atomic E-state index is -3.15. The van der Waals surface area contributed by atoms with E-state index in [2.05, 4.69) is 4.98 Å². The Bertz CT molecular complexity index is 1020. The standard InChI is InChI=1S/C15H13ClN2O3S2/c1-23(20,21)7-6-18-9-17-14-13(15(18)19)12(8-22-14)10-2-4-11(16)5-3-10/h2-5,8-9H,6-7H2,1H3. The number of benzene rings is 1. The summed E-state index contributed by atoms with van der Waals surface area (Å²) < 4.78 is 23.9. The Hall–Kier alpha value is -1.70. The van der Waals surface area contributed by atoms with Gasteiger partial charge in [-0.15, -0.1) is 11.3 Å². The summed E-state index contributed by atoms with van der Waals surface area (Å²) in [7, 11) is -3.15. The highest BCUT2D eigenvalue weighted by Crippen LogP contribution is 2.31. The van der Waals surface area contributed by atoms with Gasteiger partial charge < -0.3 is 0 Å². The van der Waals surface area contributed by atoms with Crippen LogP contribution in [0.25, 0.3) is 21.3 Å². The SMILES string of the molecule is CS(=O)(=O)CCn1cnc2scc(-c3ccc(Cl)cc3)c2c1=O. The number of nitrogens with zero attached hydrogens (tertiary/aromatic N) is 2. The molecule has 0 spiro atoms. The van der Waals surface area contributed by atoms with Crippen molar-refractivity contribution < 1.29 is 8.42 Å². The number of rotatable bonds is 4. The van der Waals surface area contributed by atoms with Gasteiger partial charge >= 0.3 is 0 Å². The summed E-state index contributed by atoms with van der Waals surface area (Å²) in [6.45, 7) is 0.0938. The molecule has 0 unspecified atom stereocenters.